The van der Waals surface area contributed by atoms with Gasteiger partial charge >= 0.3 is 0 Å². The Labute approximate surface area is 113 Å². The number of phenols is 1. The predicted octanol–water partition coefficient (Wildman–Crippen LogP) is 2.04. The average Bonchev–Trinajstić information content (AvgIpc) is 3.17. The summed E-state index contributed by atoms with van der Waals surface area (Å²) in [6.07, 6.45) is 2.55. The van der Waals surface area contributed by atoms with E-state index in [9.17, 15) is 15.0 Å². The fraction of sp³-hybridized carbons (Fsp3) is 0.533. The van der Waals surface area contributed by atoms with Crippen LogP contribution in [0.2, 0.25) is 0 Å². The molecular formula is C15H21NO3. The standard InChI is InChI=1S/C15H21NO3/c1-11(17)5-8-15(19)16(13-6-7-13)10-12-3-2-4-14(18)9-12/h2-4,9,11,13,17-18H,5-8,10H2,1H3. The summed E-state index contributed by atoms with van der Waals surface area (Å²) in [6, 6.07) is 7.36. The van der Waals surface area contributed by atoms with Gasteiger partial charge in [-0.1, -0.05) is 12.1 Å². The van der Waals surface area contributed by atoms with Crippen molar-refractivity contribution in [2.75, 3.05) is 0 Å². The normalized spacial score (nSPS) is 16.1. The third-order valence-electron chi connectivity index (χ3n) is 3.35. The maximum Gasteiger partial charge on any atom is 0.223 e. The van der Waals surface area contributed by atoms with Gasteiger partial charge in [0, 0.05) is 19.0 Å². The van der Waals surface area contributed by atoms with Crippen LogP contribution in [0.1, 0.15) is 38.2 Å². The number of phenolic OH excluding ortho intramolecular Hbond substituents is 1. The molecule has 0 aliphatic heterocycles. The van der Waals surface area contributed by atoms with Crippen molar-refractivity contribution >= 4 is 5.91 Å². The van der Waals surface area contributed by atoms with E-state index in [0.717, 1.165) is 18.4 Å². The summed E-state index contributed by atoms with van der Waals surface area (Å²) in [5, 5.41) is 18.7. The molecule has 1 aromatic rings. The maximum absolute atomic E-state index is 12.2. The van der Waals surface area contributed by atoms with E-state index in [-0.39, 0.29) is 11.7 Å². The third kappa shape index (κ3) is 4.24. The molecule has 1 aliphatic carbocycles. The molecule has 4 heteroatoms. The second kappa shape index (κ2) is 6.06. The van der Waals surface area contributed by atoms with Crippen molar-refractivity contribution < 1.29 is 15.0 Å². The second-order valence-electron chi connectivity index (χ2n) is 5.31. The van der Waals surface area contributed by atoms with Crippen LogP contribution in [-0.4, -0.2) is 33.2 Å². The number of nitrogens with zero attached hydrogens (tertiary/aromatic N) is 1. The molecule has 0 heterocycles. The zero-order valence-corrected chi connectivity index (χ0v) is 11.2. The number of hydrogen-bond donors (Lipinski definition) is 2. The largest absolute Gasteiger partial charge is 0.508 e. The van der Waals surface area contributed by atoms with E-state index in [0.29, 0.717) is 25.4 Å². The lowest BCUT2D eigenvalue weighted by molar-refractivity contribution is -0.133. The van der Waals surface area contributed by atoms with Crippen LogP contribution in [-0.2, 0) is 11.3 Å². The molecule has 1 aromatic carbocycles. The Balaban J connectivity index is 1.98. The van der Waals surface area contributed by atoms with Gasteiger partial charge in [0.15, 0.2) is 0 Å². The van der Waals surface area contributed by atoms with Gasteiger partial charge in [-0.15, -0.1) is 0 Å². The third-order valence-corrected chi connectivity index (χ3v) is 3.35. The molecule has 0 aromatic heterocycles. The van der Waals surface area contributed by atoms with E-state index >= 15 is 0 Å². The molecule has 19 heavy (non-hydrogen) atoms. The van der Waals surface area contributed by atoms with Crippen LogP contribution in [0.5, 0.6) is 5.75 Å². The first-order valence-corrected chi connectivity index (χ1v) is 6.81. The molecule has 104 valence electrons. The first-order chi connectivity index (χ1) is 9.06. The van der Waals surface area contributed by atoms with E-state index in [1.165, 1.54) is 0 Å². The van der Waals surface area contributed by atoms with Gasteiger partial charge in [0.25, 0.3) is 0 Å². The van der Waals surface area contributed by atoms with E-state index in [1.807, 2.05) is 11.0 Å². The van der Waals surface area contributed by atoms with Crippen LogP contribution in [0.4, 0.5) is 0 Å². The topological polar surface area (TPSA) is 60.8 Å². The van der Waals surface area contributed by atoms with Gasteiger partial charge in [-0.3, -0.25) is 4.79 Å². The van der Waals surface area contributed by atoms with Crippen molar-refractivity contribution in [1.82, 2.24) is 4.90 Å². The highest BCUT2D eigenvalue weighted by molar-refractivity contribution is 5.77. The smallest absolute Gasteiger partial charge is 0.223 e. The number of aromatic hydroxyl groups is 1. The van der Waals surface area contributed by atoms with Crippen molar-refractivity contribution in [1.29, 1.82) is 0 Å². The minimum absolute atomic E-state index is 0.0896. The van der Waals surface area contributed by atoms with Crippen LogP contribution in [0.3, 0.4) is 0 Å². The van der Waals surface area contributed by atoms with Gasteiger partial charge in [0.1, 0.15) is 5.75 Å². The molecule has 1 amide bonds. The molecule has 1 unspecified atom stereocenters. The summed E-state index contributed by atoms with van der Waals surface area (Å²) in [7, 11) is 0. The SMILES string of the molecule is CC(O)CCC(=O)N(Cc1cccc(O)c1)C1CC1. The monoisotopic (exact) mass is 263 g/mol. The Hall–Kier alpha value is -1.55. The predicted molar refractivity (Wildman–Crippen MR) is 72.6 cm³/mol. The first-order valence-electron chi connectivity index (χ1n) is 6.81. The van der Waals surface area contributed by atoms with Crippen molar-refractivity contribution in [3.8, 4) is 5.75 Å². The van der Waals surface area contributed by atoms with Gasteiger partial charge in [0.05, 0.1) is 6.10 Å². The number of hydrogen-bond acceptors (Lipinski definition) is 3. The number of aliphatic hydroxyl groups is 1. The van der Waals surface area contributed by atoms with Gasteiger partial charge < -0.3 is 15.1 Å². The van der Waals surface area contributed by atoms with Gasteiger partial charge in [-0.05, 0) is 43.9 Å². The molecule has 2 N–H and O–H groups in total. The summed E-state index contributed by atoms with van der Waals surface area (Å²) in [4.78, 5) is 14.0. The number of amides is 1. The fourth-order valence-corrected chi connectivity index (χ4v) is 2.13. The van der Waals surface area contributed by atoms with E-state index in [1.54, 1.807) is 25.1 Å². The number of rotatable bonds is 6. The number of carbonyl (C=O) groups is 1. The molecule has 0 spiro atoms. The van der Waals surface area contributed by atoms with Crippen molar-refractivity contribution in [2.24, 2.45) is 0 Å². The number of aliphatic hydroxyl groups excluding tert-OH is 1. The fourth-order valence-electron chi connectivity index (χ4n) is 2.13. The maximum atomic E-state index is 12.2. The van der Waals surface area contributed by atoms with Crippen LogP contribution in [0.15, 0.2) is 24.3 Å². The van der Waals surface area contributed by atoms with Crippen molar-refractivity contribution in [3.63, 3.8) is 0 Å². The molecule has 1 saturated carbocycles. The highest BCUT2D eigenvalue weighted by Gasteiger charge is 2.32. The zero-order valence-electron chi connectivity index (χ0n) is 11.2. The highest BCUT2D eigenvalue weighted by atomic mass is 16.3. The Morgan fingerprint density at radius 2 is 2.21 bits per heavy atom. The van der Waals surface area contributed by atoms with Gasteiger partial charge in [-0.25, -0.2) is 0 Å². The Morgan fingerprint density at radius 3 is 2.79 bits per heavy atom. The van der Waals surface area contributed by atoms with Gasteiger partial charge in [-0.2, -0.15) is 0 Å². The molecule has 0 saturated heterocycles. The summed E-state index contributed by atoms with van der Waals surface area (Å²) in [6.45, 7) is 2.24. The molecular weight excluding hydrogens is 242 g/mol. The minimum Gasteiger partial charge on any atom is -0.508 e. The Kier molecular flexibility index (Phi) is 4.43. The number of carbonyl (C=O) groups excluding carboxylic acids is 1. The quantitative estimate of drug-likeness (QED) is 0.825. The second-order valence-corrected chi connectivity index (χ2v) is 5.31. The molecule has 4 nitrogen and oxygen atoms in total. The lowest BCUT2D eigenvalue weighted by Crippen LogP contribution is -2.32. The molecule has 1 atom stereocenters. The zero-order chi connectivity index (χ0) is 13.8. The summed E-state index contributed by atoms with van der Waals surface area (Å²) in [5.74, 6) is 0.316. The molecule has 0 radical (unpaired) electrons. The average molecular weight is 263 g/mol. The van der Waals surface area contributed by atoms with Crippen LogP contribution in [0.25, 0.3) is 0 Å². The van der Waals surface area contributed by atoms with Crippen molar-refractivity contribution in [3.05, 3.63) is 29.8 Å². The highest BCUT2D eigenvalue weighted by Crippen LogP contribution is 2.29. The van der Waals surface area contributed by atoms with Gasteiger partial charge in [0.2, 0.25) is 5.91 Å². The first kappa shape index (κ1) is 13.9. The van der Waals surface area contributed by atoms with Crippen LogP contribution < -0.4 is 0 Å². The van der Waals surface area contributed by atoms with E-state index in [4.69, 9.17) is 0 Å². The van der Waals surface area contributed by atoms with E-state index < -0.39 is 6.10 Å². The molecule has 1 fully saturated rings. The van der Waals surface area contributed by atoms with E-state index in [2.05, 4.69) is 0 Å². The Morgan fingerprint density at radius 1 is 1.47 bits per heavy atom. The van der Waals surface area contributed by atoms with Crippen molar-refractivity contribution in [2.45, 2.75) is 51.3 Å². The van der Waals surface area contributed by atoms with Crippen LogP contribution >= 0.6 is 0 Å². The number of benzene rings is 1. The Bertz CT molecular complexity index is 441. The summed E-state index contributed by atoms with van der Waals surface area (Å²) < 4.78 is 0. The molecule has 0 bridgehead atoms. The minimum atomic E-state index is -0.439. The lowest BCUT2D eigenvalue weighted by Gasteiger charge is -2.23. The molecule has 1 aliphatic rings. The van der Waals surface area contributed by atoms with Crippen LogP contribution in [0, 0.1) is 0 Å². The molecule has 2 rings (SSSR count). The lowest BCUT2D eigenvalue weighted by atomic mass is 10.1. The summed E-state index contributed by atoms with van der Waals surface area (Å²) in [5.41, 5.74) is 0.942. The summed E-state index contributed by atoms with van der Waals surface area (Å²) >= 11 is 0.